The molecule has 1 fully saturated rings. The Balaban J connectivity index is 1.67. The van der Waals surface area contributed by atoms with Crippen molar-refractivity contribution in [3.05, 3.63) is 24.0 Å². The van der Waals surface area contributed by atoms with Crippen molar-refractivity contribution in [2.24, 2.45) is 5.92 Å². The number of piperidine rings is 1. The third-order valence-corrected chi connectivity index (χ3v) is 4.32. The lowest BCUT2D eigenvalue weighted by atomic mass is 9.92. The summed E-state index contributed by atoms with van der Waals surface area (Å²) in [6, 6.07) is 4.51. The van der Waals surface area contributed by atoms with Crippen molar-refractivity contribution in [3.63, 3.8) is 0 Å². The molecule has 0 atom stereocenters. The highest BCUT2D eigenvalue weighted by Crippen LogP contribution is 2.23. The highest BCUT2D eigenvalue weighted by Gasteiger charge is 2.21. The smallest absolute Gasteiger partial charge is 0.157 e. The molecule has 0 aromatic carbocycles. The van der Waals surface area contributed by atoms with Crippen LogP contribution >= 0.6 is 0 Å². The number of hydrogen-bond donors (Lipinski definition) is 1. The van der Waals surface area contributed by atoms with Crippen LogP contribution in [0.5, 0.6) is 0 Å². The van der Waals surface area contributed by atoms with Crippen LogP contribution < -0.4 is 5.73 Å². The van der Waals surface area contributed by atoms with Gasteiger partial charge in [0.15, 0.2) is 5.65 Å². The maximum absolute atomic E-state index is 5.91. The standard InChI is InChI=1S/C15H23N5/c1-11(2)19-7-4-12(5-8-19)9-13-10-15-17-6-3-14(16)20(15)18-13/h3,6,10-12H,4-5,7-9,16H2,1-2H3. The van der Waals surface area contributed by atoms with Crippen molar-refractivity contribution in [3.8, 4) is 0 Å². The average molecular weight is 273 g/mol. The van der Waals surface area contributed by atoms with E-state index < -0.39 is 0 Å². The summed E-state index contributed by atoms with van der Waals surface area (Å²) < 4.78 is 1.73. The molecule has 1 aliphatic rings. The summed E-state index contributed by atoms with van der Waals surface area (Å²) in [4.78, 5) is 6.86. The zero-order valence-corrected chi connectivity index (χ0v) is 12.3. The molecule has 0 aliphatic carbocycles. The molecule has 108 valence electrons. The second kappa shape index (κ2) is 5.40. The van der Waals surface area contributed by atoms with Crippen LogP contribution in [0.2, 0.25) is 0 Å². The van der Waals surface area contributed by atoms with E-state index in [-0.39, 0.29) is 0 Å². The molecule has 0 spiro atoms. The van der Waals surface area contributed by atoms with Crippen LogP contribution in [0.4, 0.5) is 5.82 Å². The summed E-state index contributed by atoms with van der Waals surface area (Å²) in [7, 11) is 0. The number of aromatic nitrogens is 3. The first-order valence-corrected chi connectivity index (χ1v) is 7.46. The molecule has 2 aromatic rings. The predicted octanol–water partition coefficient (Wildman–Crippen LogP) is 1.97. The maximum Gasteiger partial charge on any atom is 0.157 e. The zero-order chi connectivity index (χ0) is 14.1. The van der Waals surface area contributed by atoms with Gasteiger partial charge in [-0.2, -0.15) is 9.61 Å². The van der Waals surface area contributed by atoms with Gasteiger partial charge in [-0.3, -0.25) is 0 Å². The van der Waals surface area contributed by atoms with E-state index in [4.69, 9.17) is 5.73 Å². The van der Waals surface area contributed by atoms with E-state index in [0.717, 1.165) is 23.7 Å². The van der Waals surface area contributed by atoms with Crippen molar-refractivity contribution >= 4 is 11.5 Å². The van der Waals surface area contributed by atoms with Crippen LogP contribution in [0.3, 0.4) is 0 Å². The van der Waals surface area contributed by atoms with Gasteiger partial charge >= 0.3 is 0 Å². The highest BCUT2D eigenvalue weighted by atomic mass is 15.3. The molecule has 0 radical (unpaired) electrons. The van der Waals surface area contributed by atoms with Gasteiger partial charge in [0.05, 0.1) is 5.69 Å². The fourth-order valence-corrected chi connectivity index (χ4v) is 3.03. The minimum Gasteiger partial charge on any atom is -0.384 e. The van der Waals surface area contributed by atoms with E-state index in [9.17, 15) is 0 Å². The van der Waals surface area contributed by atoms with Crippen molar-refractivity contribution < 1.29 is 0 Å². The van der Waals surface area contributed by atoms with Crippen molar-refractivity contribution in [2.45, 2.75) is 39.2 Å². The quantitative estimate of drug-likeness (QED) is 0.929. The van der Waals surface area contributed by atoms with E-state index in [1.807, 2.05) is 0 Å². The summed E-state index contributed by atoms with van der Waals surface area (Å²) in [5.41, 5.74) is 7.86. The molecule has 5 heteroatoms. The van der Waals surface area contributed by atoms with Gasteiger partial charge in [0.2, 0.25) is 0 Å². The second-order valence-corrected chi connectivity index (χ2v) is 6.05. The molecule has 0 unspecified atom stereocenters. The Morgan fingerprint density at radius 2 is 2.10 bits per heavy atom. The molecule has 0 amide bonds. The number of nitrogens with zero attached hydrogens (tertiary/aromatic N) is 4. The van der Waals surface area contributed by atoms with Gasteiger partial charge in [0.1, 0.15) is 5.82 Å². The number of anilines is 1. The Morgan fingerprint density at radius 1 is 1.35 bits per heavy atom. The molecule has 3 heterocycles. The van der Waals surface area contributed by atoms with Gasteiger partial charge in [-0.15, -0.1) is 0 Å². The number of likely N-dealkylation sites (tertiary alicyclic amines) is 1. The van der Waals surface area contributed by atoms with Crippen molar-refractivity contribution in [2.75, 3.05) is 18.8 Å². The fraction of sp³-hybridized carbons (Fsp3) is 0.600. The van der Waals surface area contributed by atoms with E-state index in [0.29, 0.717) is 11.9 Å². The Morgan fingerprint density at radius 3 is 2.75 bits per heavy atom. The zero-order valence-electron chi connectivity index (χ0n) is 12.3. The molecular weight excluding hydrogens is 250 g/mol. The first kappa shape index (κ1) is 13.4. The van der Waals surface area contributed by atoms with Crippen LogP contribution in [-0.4, -0.2) is 38.6 Å². The van der Waals surface area contributed by atoms with Crippen LogP contribution in [0.1, 0.15) is 32.4 Å². The first-order valence-electron chi connectivity index (χ1n) is 7.46. The molecule has 1 aliphatic heterocycles. The highest BCUT2D eigenvalue weighted by molar-refractivity contribution is 5.46. The number of nitrogens with two attached hydrogens (primary N) is 1. The Labute approximate surface area is 119 Å². The van der Waals surface area contributed by atoms with Crippen LogP contribution in [0, 0.1) is 5.92 Å². The molecular formula is C15H23N5. The number of nitrogen functional groups attached to an aromatic ring is 1. The van der Waals surface area contributed by atoms with Gasteiger partial charge in [-0.25, -0.2) is 4.98 Å². The maximum atomic E-state index is 5.91. The van der Waals surface area contributed by atoms with E-state index >= 15 is 0 Å². The summed E-state index contributed by atoms with van der Waals surface area (Å²) in [6.07, 6.45) is 5.29. The third-order valence-electron chi connectivity index (χ3n) is 4.32. The van der Waals surface area contributed by atoms with Crippen molar-refractivity contribution in [1.82, 2.24) is 19.5 Å². The van der Waals surface area contributed by atoms with E-state index in [2.05, 4.69) is 34.9 Å². The van der Waals surface area contributed by atoms with Crippen LogP contribution in [-0.2, 0) is 6.42 Å². The van der Waals surface area contributed by atoms with E-state index in [1.54, 1.807) is 16.8 Å². The Kier molecular flexibility index (Phi) is 3.61. The number of hydrogen-bond acceptors (Lipinski definition) is 4. The Bertz CT molecular complexity index is 581. The SMILES string of the molecule is CC(C)N1CCC(Cc2cc3nccc(N)n3n2)CC1. The van der Waals surface area contributed by atoms with Gasteiger partial charge in [-0.05, 0) is 58.2 Å². The minimum absolute atomic E-state index is 0.649. The average Bonchev–Trinajstić information content (AvgIpc) is 2.83. The topological polar surface area (TPSA) is 59.5 Å². The van der Waals surface area contributed by atoms with Crippen molar-refractivity contribution in [1.29, 1.82) is 0 Å². The summed E-state index contributed by atoms with van der Waals surface area (Å²) in [5, 5.41) is 4.58. The monoisotopic (exact) mass is 273 g/mol. The normalized spacial score (nSPS) is 18.1. The molecule has 2 N–H and O–H groups in total. The van der Waals surface area contributed by atoms with Gasteiger partial charge in [0, 0.05) is 18.3 Å². The van der Waals surface area contributed by atoms with E-state index in [1.165, 1.54) is 25.9 Å². The first-order chi connectivity index (χ1) is 9.63. The summed E-state index contributed by atoms with van der Waals surface area (Å²) in [5.74, 6) is 1.38. The van der Waals surface area contributed by atoms with Crippen LogP contribution in [0.15, 0.2) is 18.3 Å². The lowest BCUT2D eigenvalue weighted by Crippen LogP contribution is -2.38. The largest absolute Gasteiger partial charge is 0.384 e. The van der Waals surface area contributed by atoms with Gasteiger partial charge in [-0.1, -0.05) is 0 Å². The minimum atomic E-state index is 0.649. The summed E-state index contributed by atoms with van der Waals surface area (Å²) in [6.45, 7) is 6.96. The molecule has 3 rings (SSSR count). The van der Waals surface area contributed by atoms with Gasteiger partial charge < -0.3 is 10.6 Å². The number of fused-ring (bicyclic) bond motifs is 1. The lowest BCUT2D eigenvalue weighted by molar-refractivity contribution is 0.149. The Hall–Kier alpha value is -1.62. The summed E-state index contributed by atoms with van der Waals surface area (Å²) >= 11 is 0. The molecule has 5 nitrogen and oxygen atoms in total. The molecule has 20 heavy (non-hydrogen) atoms. The van der Waals surface area contributed by atoms with Crippen LogP contribution in [0.25, 0.3) is 5.65 Å². The predicted molar refractivity (Wildman–Crippen MR) is 80.5 cm³/mol. The van der Waals surface area contributed by atoms with Gasteiger partial charge in [0.25, 0.3) is 0 Å². The molecule has 0 saturated carbocycles. The number of rotatable bonds is 3. The fourth-order valence-electron chi connectivity index (χ4n) is 3.03. The third kappa shape index (κ3) is 2.63. The molecule has 2 aromatic heterocycles. The molecule has 1 saturated heterocycles. The second-order valence-electron chi connectivity index (χ2n) is 6.05. The lowest BCUT2D eigenvalue weighted by Gasteiger charge is -2.34. The molecule has 0 bridgehead atoms.